The maximum absolute atomic E-state index is 14.1. The van der Waals surface area contributed by atoms with Gasteiger partial charge in [-0.1, -0.05) is 23.3 Å². The second-order valence-electron chi connectivity index (χ2n) is 16.0. The van der Waals surface area contributed by atoms with E-state index in [0.29, 0.717) is 86.9 Å². The Hall–Kier alpha value is -7.76. The zero-order valence-corrected chi connectivity index (χ0v) is 38.2. The van der Waals surface area contributed by atoms with Gasteiger partial charge in [0.25, 0.3) is 11.8 Å². The number of hydrogen-bond donors (Lipinski definition) is 2. The number of imidazole rings is 2. The molecule has 65 heavy (non-hydrogen) atoms. The summed E-state index contributed by atoms with van der Waals surface area (Å²) in [7, 11) is 5.17. The van der Waals surface area contributed by atoms with Crippen molar-refractivity contribution in [2.24, 2.45) is 35.5 Å². The number of hydrogen-bond acceptors (Lipinski definition) is 8. The molecule has 3 aromatic carbocycles. The molecule has 0 aliphatic rings. The third-order valence-corrected chi connectivity index (χ3v) is 11.5. The second-order valence-corrected chi connectivity index (χ2v) is 16.0. The van der Waals surface area contributed by atoms with Gasteiger partial charge >= 0.3 is 0 Å². The zero-order chi connectivity index (χ0) is 46.9. The van der Waals surface area contributed by atoms with Crippen LogP contribution >= 0.6 is 0 Å². The zero-order valence-electron chi connectivity index (χ0n) is 38.2. The number of aryl methyl sites for hydroxylation is 6. The van der Waals surface area contributed by atoms with Crippen molar-refractivity contribution in [3.05, 3.63) is 129 Å². The van der Waals surface area contributed by atoms with Crippen LogP contribution in [0.3, 0.4) is 0 Å². The number of aromatic nitrogens is 8. The van der Waals surface area contributed by atoms with Gasteiger partial charge in [0.15, 0.2) is 0 Å². The number of allylic oxidation sites excluding steroid dienone is 2. The molecule has 4 aromatic heterocycles. The van der Waals surface area contributed by atoms with E-state index in [1.807, 2.05) is 74.9 Å². The number of rotatable bonds is 15. The molecule has 7 rings (SSSR count). The van der Waals surface area contributed by atoms with E-state index in [0.717, 1.165) is 22.5 Å². The number of carbonyl (C=O) groups is 4. The van der Waals surface area contributed by atoms with Gasteiger partial charge in [0.2, 0.25) is 23.1 Å². The van der Waals surface area contributed by atoms with Gasteiger partial charge in [-0.3, -0.25) is 28.5 Å². The molecule has 0 saturated heterocycles. The SMILES string of the molecule is CCn1nc(C)cc1C(=O)N=c1n(C)c2cc(C(N)=O)ccc2n1C/C(C)=C(\C)Cn1c(=NC(=O)c2cc(C)nn2CC)n(C)c2cc(C(N)=O)cc(OCCc3ccc(OC)cc3)c21. The first-order chi connectivity index (χ1) is 31.0. The average Bonchev–Trinajstić information content (AvgIpc) is 4.01. The third kappa shape index (κ3) is 9.05. The van der Waals surface area contributed by atoms with E-state index in [2.05, 4.69) is 15.2 Å². The summed E-state index contributed by atoms with van der Waals surface area (Å²) in [6.07, 6.45) is 0.548. The van der Waals surface area contributed by atoms with Crippen LogP contribution in [-0.2, 0) is 46.7 Å². The molecule has 0 atom stereocenters. The highest BCUT2D eigenvalue weighted by atomic mass is 16.5. The highest BCUT2D eigenvalue weighted by Gasteiger charge is 2.22. The van der Waals surface area contributed by atoms with E-state index in [1.165, 1.54) is 0 Å². The molecule has 4 amide bonds. The number of fused-ring (bicyclic) bond motifs is 2. The number of ether oxygens (including phenoxy) is 2. The van der Waals surface area contributed by atoms with Gasteiger partial charge in [-0.05, 0) is 102 Å². The Kier molecular flexibility index (Phi) is 12.9. The normalized spacial score (nSPS) is 12.6. The number of methoxy groups -OCH3 is 1. The van der Waals surface area contributed by atoms with E-state index in [1.54, 1.807) is 82.2 Å². The number of primary amides is 2. The minimum atomic E-state index is -0.646. The van der Waals surface area contributed by atoms with E-state index in [-0.39, 0.29) is 25.3 Å². The van der Waals surface area contributed by atoms with E-state index in [4.69, 9.17) is 25.9 Å². The monoisotopic (exact) mass is 882 g/mol. The topological polar surface area (TPSA) is 219 Å². The summed E-state index contributed by atoms with van der Waals surface area (Å²) in [6.45, 7) is 13.1. The minimum Gasteiger partial charge on any atom is -0.497 e. The largest absolute Gasteiger partial charge is 0.497 e. The van der Waals surface area contributed by atoms with Crippen molar-refractivity contribution >= 4 is 45.7 Å². The number of amides is 4. The van der Waals surface area contributed by atoms with Crippen LogP contribution in [0.25, 0.3) is 22.1 Å². The van der Waals surface area contributed by atoms with Gasteiger partial charge in [-0.25, -0.2) is 0 Å². The molecule has 0 fully saturated rings. The fourth-order valence-electron chi connectivity index (χ4n) is 7.94. The number of nitrogens with two attached hydrogens (primary N) is 2. The van der Waals surface area contributed by atoms with Gasteiger partial charge in [0.1, 0.15) is 28.4 Å². The van der Waals surface area contributed by atoms with Crippen LogP contribution < -0.4 is 32.2 Å². The van der Waals surface area contributed by atoms with E-state index < -0.39 is 23.6 Å². The maximum atomic E-state index is 14.1. The Morgan fingerprint density at radius 1 is 0.662 bits per heavy atom. The molecule has 18 nitrogen and oxygen atoms in total. The van der Waals surface area contributed by atoms with Crippen LogP contribution in [0.1, 0.15) is 86.3 Å². The van der Waals surface area contributed by atoms with Gasteiger partial charge in [0.05, 0.1) is 41.7 Å². The van der Waals surface area contributed by atoms with Crippen molar-refractivity contribution in [3.8, 4) is 11.5 Å². The molecular formula is C47H54N12O6. The van der Waals surface area contributed by atoms with Crippen LogP contribution in [0.15, 0.2) is 87.9 Å². The molecule has 0 spiro atoms. The number of benzene rings is 3. The lowest BCUT2D eigenvalue weighted by Gasteiger charge is -2.15. The average molecular weight is 883 g/mol. The summed E-state index contributed by atoms with van der Waals surface area (Å²) in [5.74, 6) is -1.09. The number of nitrogens with zero attached hydrogens (tertiary/aromatic N) is 10. The molecular weight excluding hydrogens is 829 g/mol. The van der Waals surface area contributed by atoms with Gasteiger partial charge in [0, 0.05) is 57.8 Å². The van der Waals surface area contributed by atoms with Crippen LogP contribution in [0.4, 0.5) is 0 Å². The fraction of sp³-hybridized carbons (Fsp3) is 0.319. The smallest absolute Gasteiger partial charge is 0.298 e. The lowest BCUT2D eigenvalue weighted by Crippen LogP contribution is -2.28. The Morgan fingerprint density at radius 2 is 1.18 bits per heavy atom. The van der Waals surface area contributed by atoms with Crippen LogP contribution in [0.5, 0.6) is 11.5 Å². The highest BCUT2D eigenvalue weighted by Crippen LogP contribution is 2.29. The van der Waals surface area contributed by atoms with Crippen LogP contribution in [0, 0.1) is 13.8 Å². The first-order valence-corrected chi connectivity index (χ1v) is 21.2. The molecule has 0 bridgehead atoms. The Labute approximate surface area is 374 Å². The molecule has 338 valence electrons. The second kappa shape index (κ2) is 18.5. The summed E-state index contributed by atoms with van der Waals surface area (Å²) in [4.78, 5) is 62.4. The van der Waals surface area contributed by atoms with E-state index >= 15 is 0 Å². The molecule has 7 aromatic rings. The van der Waals surface area contributed by atoms with Crippen molar-refractivity contribution < 1.29 is 28.7 Å². The van der Waals surface area contributed by atoms with Crippen molar-refractivity contribution in [2.45, 2.75) is 74.1 Å². The molecule has 18 heteroatoms. The molecule has 0 aliphatic carbocycles. The Balaban J connectivity index is 1.39. The first kappa shape index (κ1) is 45.3. The summed E-state index contributed by atoms with van der Waals surface area (Å²) < 4.78 is 22.4. The first-order valence-electron chi connectivity index (χ1n) is 21.2. The van der Waals surface area contributed by atoms with E-state index in [9.17, 15) is 19.2 Å². The summed E-state index contributed by atoms with van der Waals surface area (Å²) in [5.41, 5.74) is 20.1. The summed E-state index contributed by atoms with van der Waals surface area (Å²) >= 11 is 0. The Bertz CT molecular complexity index is 3200. The van der Waals surface area contributed by atoms with Crippen molar-refractivity contribution in [2.75, 3.05) is 13.7 Å². The lowest BCUT2D eigenvalue weighted by atomic mass is 10.1. The number of carbonyl (C=O) groups excluding carboxylic acids is 4. The van der Waals surface area contributed by atoms with Gasteiger partial charge < -0.3 is 39.2 Å². The maximum Gasteiger partial charge on any atom is 0.298 e. The van der Waals surface area contributed by atoms with Crippen molar-refractivity contribution in [1.29, 1.82) is 0 Å². The quantitative estimate of drug-likeness (QED) is 0.138. The Morgan fingerprint density at radius 3 is 1.72 bits per heavy atom. The highest BCUT2D eigenvalue weighted by molar-refractivity contribution is 5.99. The molecule has 0 saturated carbocycles. The standard InChI is InChI=1S/C47H54N12O6/c1-10-58-38(20-29(5)52-58)44(62)50-46-54(7)36-22-32(42(48)60)14-17-35(36)56(46)25-27(3)28(4)26-57-41-37(55(8)47(57)51-45(63)39-21-30(6)53-59(39)11-2)23-33(43(49)61)24-40(41)65-19-18-31-12-15-34(64-9)16-13-31/h12-17,20-24H,10-11,18-19,25-26H2,1-9H3,(H2,48,60)(H2,49,61)/b28-27+,50-46?,51-47?. The van der Waals surface area contributed by atoms with Crippen molar-refractivity contribution in [1.82, 2.24) is 37.8 Å². The minimum absolute atomic E-state index is 0.223. The van der Waals surface area contributed by atoms with Gasteiger partial charge in [-0.15, -0.1) is 0 Å². The molecule has 0 aliphatic heterocycles. The molecule has 4 N–H and O–H groups in total. The predicted molar refractivity (Wildman–Crippen MR) is 244 cm³/mol. The van der Waals surface area contributed by atoms with Crippen LogP contribution in [-0.4, -0.2) is 75.2 Å². The fourth-order valence-corrected chi connectivity index (χ4v) is 7.94. The lowest BCUT2D eigenvalue weighted by molar-refractivity contribution is 0.0977. The summed E-state index contributed by atoms with van der Waals surface area (Å²) in [5, 5.41) is 8.91. The third-order valence-electron chi connectivity index (χ3n) is 11.5. The summed E-state index contributed by atoms with van der Waals surface area (Å²) in [6, 6.07) is 19.5. The van der Waals surface area contributed by atoms with Crippen LogP contribution in [0.2, 0.25) is 0 Å². The predicted octanol–water partition coefficient (Wildman–Crippen LogP) is 4.67. The van der Waals surface area contributed by atoms with Gasteiger partial charge in [-0.2, -0.15) is 20.2 Å². The molecule has 0 radical (unpaired) electrons. The molecule has 4 heterocycles. The molecule has 0 unspecified atom stereocenters. The van der Waals surface area contributed by atoms with Crippen molar-refractivity contribution in [3.63, 3.8) is 0 Å².